The van der Waals surface area contributed by atoms with Crippen LogP contribution >= 0.6 is 0 Å². The van der Waals surface area contributed by atoms with Crippen molar-refractivity contribution < 1.29 is 9.90 Å². The largest absolute Gasteiger partial charge is 0.503 e. The molecule has 0 amide bonds. The number of aliphatic hydroxyl groups excluding tert-OH is 1. The Morgan fingerprint density at radius 3 is 2.10 bits per heavy atom. The predicted molar refractivity (Wildman–Crippen MR) is 88.4 cm³/mol. The number of allylic oxidation sites excluding steroid dienone is 2. The van der Waals surface area contributed by atoms with Gasteiger partial charge in [0.2, 0.25) is 0 Å². The lowest BCUT2D eigenvalue weighted by Crippen LogP contribution is -2.23. The predicted octanol–water partition coefficient (Wildman–Crippen LogP) is 5.02. The topological polar surface area (TPSA) is 49.3 Å². The van der Waals surface area contributed by atoms with Crippen LogP contribution in [0.4, 0.5) is 0 Å². The van der Waals surface area contributed by atoms with Crippen LogP contribution in [0.1, 0.15) is 90.4 Å². The molecule has 0 spiro atoms. The quantitative estimate of drug-likeness (QED) is 0.497. The van der Waals surface area contributed by atoms with Crippen LogP contribution in [0.15, 0.2) is 11.5 Å². The minimum absolute atomic E-state index is 0.0201. The maximum Gasteiger partial charge on any atom is 0.198 e. The van der Waals surface area contributed by atoms with Crippen molar-refractivity contribution in [2.45, 2.75) is 90.4 Å². The zero-order valence-corrected chi connectivity index (χ0v) is 13.8. The molecular weight excluding hydrogens is 262 g/mol. The second kappa shape index (κ2) is 11.6. The van der Waals surface area contributed by atoms with E-state index in [0.717, 1.165) is 31.5 Å². The summed E-state index contributed by atoms with van der Waals surface area (Å²) in [7, 11) is 0. The summed E-state index contributed by atoms with van der Waals surface area (Å²) in [6, 6.07) is 0. The monoisotopic (exact) mass is 295 g/mol. The highest BCUT2D eigenvalue weighted by Gasteiger charge is 2.18. The molecule has 0 atom stereocenters. The Balaban J connectivity index is 1.91. The Morgan fingerprint density at radius 1 is 0.905 bits per heavy atom. The number of hydrogen-bond donors (Lipinski definition) is 2. The van der Waals surface area contributed by atoms with Gasteiger partial charge in [0.1, 0.15) is 0 Å². The Kier molecular flexibility index (Phi) is 10.0. The average molecular weight is 295 g/mol. The zero-order valence-electron chi connectivity index (χ0n) is 13.8. The van der Waals surface area contributed by atoms with Crippen LogP contribution in [-0.2, 0) is 4.79 Å². The first-order valence-corrected chi connectivity index (χ1v) is 8.95. The molecule has 0 unspecified atom stereocenters. The van der Waals surface area contributed by atoms with Gasteiger partial charge in [-0.15, -0.1) is 0 Å². The molecule has 1 rings (SSSR count). The van der Waals surface area contributed by atoms with Crippen LogP contribution in [0.2, 0.25) is 0 Å². The third-order valence-electron chi connectivity index (χ3n) is 4.25. The van der Waals surface area contributed by atoms with Gasteiger partial charge in [0.25, 0.3) is 0 Å². The van der Waals surface area contributed by atoms with E-state index in [4.69, 9.17) is 0 Å². The molecule has 0 aromatic heterocycles. The van der Waals surface area contributed by atoms with Crippen molar-refractivity contribution in [3.8, 4) is 0 Å². The first-order chi connectivity index (χ1) is 10.3. The average Bonchev–Trinajstić information content (AvgIpc) is 2.49. The number of carbonyl (C=O) groups excluding carboxylic acids is 1. The maximum absolute atomic E-state index is 11.4. The van der Waals surface area contributed by atoms with Gasteiger partial charge in [0, 0.05) is 13.0 Å². The Hall–Kier alpha value is -0.990. The molecule has 1 aliphatic carbocycles. The van der Waals surface area contributed by atoms with Gasteiger partial charge in [0.15, 0.2) is 11.5 Å². The number of Topliss-reactive ketones (excluding diaryl/α,β-unsaturated/α-hetero) is 1. The third-order valence-corrected chi connectivity index (χ3v) is 4.25. The fraction of sp³-hybridized carbons (Fsp3) is 0.833. The molecule has 2 N–H and O–H groups in total. The molecule has 0 saturated carbocycles. The number of carbonyl (C=O) groups is 1. The molecule has 21 heavy (non-hydrogen) atoms. The summed E-state index contributed by atoms with van der Waals surface area (Å²) in [6.45, 7) is 3.14. The van der Waals surface area contributed by atoms with E-state index < -0.39 is 0 Å². The summed E-state index contributed by atoms with van der Waals surface area (Å²) < 4.78 is 0. The number of hydrogen-bond acceptors (Lipinski definition) is 3. The summed E-state index contributed by atoms with van der Waals surface area (Å²) in [5.41, 5.74) is 0.766. The van der Waals surface area contributed by atoms with Gasteiger partial charge in [0.05, 0.1) is 5.70 Å². The lowest BCUT2D eigenvalue weighted by molar-refractivity contribution is -0.118. The van der Waals surface area contributed by atoms with Gasteiger partial charge in [-0.05, 0) is 19.3 Å². The second-order valence-electron chi connectivity index (χ2n) is 6.21. The highest BCUT2D eigenvalue weighted by molar-refractivity contribution is 5.94. The van der Waals surface area contributed by atoms with Crippen LogP contribution in [-0.4, -0.2) is 17.4 Å². The van der Waals surface area contributed by atoms with E-state index in [1.54, 1.807) is 0 Å². The van der Waals surface area contributed by atoms with E-state index in [1.807, 2.05) is 0 Å². The molecule has 0 radical (unpaired) electrons. The Morgan fingerprint density at radius 2 is 1.48 bits per heavy atom. The summed E-state index contributed by atoms with van der Waals surface area (Å²) in [5, 5.41) is 12.9. The molecule has 0 fully saturated rings. The smallest absolute Gasteiger partial charge is 0.198 e. The number of nitrogens with one attached hydrogen (secondary N) is 1. The molecule has 0 bridgehead atoms. The van der Waals surface area contributed by atoms with Crippen LogP contribution in [0.3, 0.4) is 0 Å². The van der Waals surface area contributed by atoms with Crippen LogP contribution in [0.25, 0.3) is 0 Å². The standard InChI is InChI=1S/C18H33NO2/c1-2-3-4-5-6-7-8-9-10-11-15-19-16-13-12-14-17(20)18(16)21/h19,21H,2-15H2,1H3. The van der Waals surface area contributed by atoms with E-state index in [1.165, 1.54) is 57.8 Å². The molecule has 0 aliphatic heterocycles. The van der Waals surface area contributed by atoms with Crippen LogP contribution < -0.4 is 5.32 Å². The van der Waals surface area contributed by atoms with Crippen LogP contribution in [0, 0.1) is 0 Å². The van der Waals surface area contributed by atoms with E-state index in [-0.39, 0.29) is 11.5 Å². The van der Waals surface area contributed by atoms with E-state index in [0.29, 0.717) is 6.42 Å². The molecule has 0 saturated heterocycles. The summed E-state index contributed by atoms with van der Waals surface area (Å²) in [6.07, 6.45) is 15.5. The van der Waals surface area contributed by atoms with Crippen molar-refractivity contribution >= 4 is 5.78 Å². The molecule has 0 aromatic rings. The Labute approximate surface area is 130 Å². The fourth-order valence-corrected chi connectivity index (χ4v) is 2.85. The number of ketones is 1. The number of aliphatic hydroxyl groups is 1. The summed E-state index contributed by atoms with van der Waals surface area (Å²) >= 11 is 0. The lowest BCUT2D eigenvalue weighted by atomic mass is 10.0. The lowest BCUT2D eigenvalue weighted by Gasteiger charge is -2.16. The molecular formula is C18H33NO2. The molecule has 122 valence electrons. The van der Waals surface area contributed by atoms with Crippen molar-refractivity contribution in [1.29, 1.82) is 0 Å². The first kappa shape index (κ1) is 18.1. The van der Waals surface area contributed by atoms with Gasteiger partial charge >= 0.3 is 0 Å². The minimum Gasteiger partial charge on any atom is -0.503 e. The molecule has 3 heteroatoms. The zero-order chi connectivity index (χ0) is 15.3. The first-order valence-electron chi connectivity index (χ1n) is 8.95. The van der Waals surface area contributed by atoms with Crippen molar-refractivity contribution in [3.05, 3.63) is 11.5 Å². The Bertz CT molecular complexity index is 323. The SMILES string of the molecule is CCCCCCCCCCCCNC1=C(O)C(=O)CCC1. The normalized spacial score (nSPS) is 15.6. The van der Waals surface area contributed by atoms with Crippen molar-refractivity contribution in [2.24, 2.45) is 0 Å². The van der Waals surface area contributed by atoms with Gasteiger partial charge in [-0.3, -0.25) is 4.79 Å². The van der Waals surface area contributed by atoms with Crippen molar-refractivity contribution in [1.82, 2.24) is 5.32 Å². The molecule has 0 aromatic carbocycles. The summed E-state index contributed by atoms with van der Waals surface area (Å²) in [5.74, 6) is -0.125. The number of rotatable bonds is 12. The van der Waals surface area contributed by atoms with Crippen LogP contribution in [0.5, 0.6) is 0 Å². The summed E-state index contributed by atoms with van der Waals surface area (Å²) in [4.78, 5) is 11.4. The third kappa shape index (κ3) is 8.13. The van der Waals surface area contributed by atoms with Gasteiger partial charge < -0.3 is 10.4 Å². The molecule has 0 heterocycles. The van der Waals surface area contributed by atoms with Crippen molar-refractivity contribution in [3.63, 3.8) is 0 Å². The molecule has 3 nitrogen and oxygen atoms in total. The van der Waals surface area contributed by atoms with E-state index >= 15 is 0 Å². The van der Waals surface area contributed by atoms with E-state index in [9.17, 15) is 9.90 Å². The maximum atomic E-state index is 11.4. The van der Waals surface area contributed by atoms with Gasteiger partial charge in [-0.25, -0.2) is 0 Å². The van der Waals surface area contributed by atoms with Crippen molar-refractivity contribution in [2.75, 3.05) is 6.54 Å². The van der Waals surface area contributed by atoms with Gasteiger partial charge in [-0.2, -0.15) is 0 Å². The second-order valence-corrected chi connectivity index (χ2v) is 6.21. The highest BCUT2D eigenvalue weighted by atomic mass is 16.3. The van der Waals surface area contributed by atoms with Gasteiger partial charge in [-0.1, -0.05) is 64.7 Å². The van der Waals surface area contributed by atoms with E-state index in [2.05, 4.69) is 12.2 Å². The fourth-order valence-electron chi connectivity index (χ4n) is 2.85. The molecule has 1 aliphatic rings. The number of unbranched alkanes of at least 4 members (excludes halogenated alkanes) is 9. The minimum atomic E-state index is -0.105. The highest BCUT2D eigenvalue weighted by Crippen LogP contribution is 2.18.